The highest BCUT2D eigenvalue weighted by Crippen LogP contribution is 2.44. The molecule has 0 fully saturated rings. The first-order valence-corrected chi connectivity index (χ1v) is 5.99. The van der Waals surface area contributed by atoms with Crippen LogP contribution in [0.3, 0.4) is 0 Å². The molecule has 3 nitrogen and oxygen atoms in total. The fraction of sp³-hybridized carbons (Fsp3) is 0.400. The van der Waals surface area contributed by atoms with Crippen molar-refractivity contribution >= 4 is 11.9 Å². The second kappa shape index (κ2) is 4.48. The smallest absolute Gasteiger partial charge is 0.134 e. The molecular formula is C15H18O3. The van der Waals surface area contributed by atoms with Gasteiger partial charge in [0.2, 0.25) is 0 Å². The average molecular weight is 246 g/mol. The summed E-state index contributed by atoms with van der Waals surface area (Å²) >= 11 is 0. The summed E-state index contributed by atoms with van der Waals surface area (Å²) < 4.78 is 11.3. The van der Waals surface area contributed by atoms with Crippen LogP contribution >= 0.6 is 0 Å². The topological polar surface area (TPSA) is 35.5 Å². The Morgan fingerprint density at radius 2 is 2.22 bits per heavy atom. The highest BCUT2D eigenvalue weighted by molar-refractivity contribution is 5.76. The zero-order chi connectivity index (χ0) is 13.3. The van der Waals surface area contributed by atoms with Gasteiger partial charge in [0.1, 0.15) is 23.4 Å². The molecule has 0 amide bonds. The number of rotatable bonds is 3. The minimum atomic E-state index is -0.298. The lowest BCUT2D eigenvalue weighted by molar-refractivity contribution is -0.107. The lowest BCUT2D eigenvalue weighted by Gasteiger charge is -2.35. The second-order valence-corrected chi connectivity index (χ2v) is 5.14. The van der Waals surface area contributed by atoms with Crippen molar-refractivity contribution in [2.45, 2.75) is 32.3 Å². The molecule has 0 radical (unpaired) electrons. The maximum atomic E-state index is 10.8. The monoisotopic (exact) mass is 246 g/mol. The van der Waals surface area contributed by atoms with E-state index in [1.807, 2.05) is 26.0 Å². The van der Waals surface area contributed by atoms with E-state index < -0.39 is 0 Å². The minimum absolute atomic E-state index is 0.287. The van der Waals surface area contributed by atoms with Gasteiger partial charge in [-0.25, -0.2) is 0 Å². The highest BCUT2D eigenvalue weighted by Gasteiger charge is 2.31. The predicted octanol–water partition coefficient (Wildman–Crippen LogP) is 3.01. The van der Waals surface area contributed by atoms with Gasteiger partial charge >= 0.3 is 0 Å². The molecule has 1 heterocycles. The minimum Gasteiger partial charge on any atom is -0.496 e. The van der Waals surface area contributed by atoms with E-state index in [-0.39, 0.29) is 12.0 Å². The summed E-state index contributed by atoms with van der Waals surface area (Å²) in [6.45, 7) is 8.14. The van der Waals surface area contributed by atoms with E-state index in [1.165, 1.54) is 0 Å². The SMILES string of the molecule is C=C1CC(C)(C)Oc2c1ccc(OC)c2CC=O. The first-order valence-electron chi connectivity index (χ1n) is 5.99. The van der Waals surface area contributed by atoms with Crippen LogP contribution < -0.4 is 9.47 Å². The Labute approximate surface area is 107 Å². The van der Waals surface area contributed by atoms with Gasteiger partial charge in [0, 0.05) is 24.0 Å². The van der Waals surface area contributed by atoms with Crippen LogP contribution in [-0.4, -0.2) is 19.0 Å². The molecule has 18 heavy (non-hydrogen) atoms. The first-order chi connectivity index (χ1) is 8.48. The number of carbonyl (C=O) groups excluding carboxylic acids is 1. The fourth-order valence-corrected chi connectivity index (χ4v) is 2.39. The number of methoxy groups -OCH3 is 1. The van der Waals surface area contributed by atoms with Crippen molar-refractivity contribution in [1.29, 1.82) is 0 Å². The van der Waals surface area contributed by atoms with Crippen molar-refractivity contribution in [2.24, 2.45) is 0 Å². The number of hydrogen-bond donors (Lipinski definition) is 0. The Hall–Kier alpha value is -1.77. The van der Waals surface area contributed by atoms with Gasteiger partial charge in [-0.3, -0.25) is 0 Å². The third-order valence-corrected chi connectivity index (χ3v) is 3.12. The molecule has 3 heteroatoms. The van der Waals surface area contributed by atoms with Crippen LogP contribution in [0.2, 0.25) is 0 Å². The number of ether oxygens (including phenoxy) is 2. The van der Waals surface area contributed by atoms with E-state index >= 15 is 0 Å². The summed E-state index contributed by atoms with van der Waals surface area (Å²) in [6, 6.07) is 3.81. The normalized spacial score (nSPS) is 16.7. The number of hydrogen-bond acceptors (Lipinski definition) is 3. The Morgan fingerprint density at radius 3 is 2.83 bits per heavy atom. The van der Waals surface area contributed by atoms with Crippen LogP contribution in [0.15, 0.2) is 18.7 Å². The van der Waals surface area contributed by atoms with Crippen LogP contribution in [-0.2, 0) is 11.2 Å². The molecule has 0 N–H and O–H groups in total. The number of carbonyl (C=O) groups is 1. The number of fused-ring (bicyclic) bond motifs is 1. The largest absolute Gasteiger partial charge is 0.496 e. The number of aldehydes is 1. The van der Waals surface area contributed by atoms with Gasteiger partial charge in [0.15, 0.2) is 0 Å². The summed E-state index contributed by atoms with van der Waals surface area (Å²) in [7, 11) is 1.60. The highest BCUT2D eigenvalue weighted by atomic mass is 16.5. The third kappa shape index (κ3) is 2.13. The molecule has 0 saturated carbocycles. The van der Waals surface area contributed by atoms with Crippen LogP contribution in [0.4, 0.5) is 0 Å². The predicted molar refractivity (Wildman–Crippen MR) is 71.1 cm³/mol. The maximum Gasteiger partial charge on any atom is 0.134 e. The molecule has 1 aliphatic rings. The molecule has 0 atom stereocenters. The van der Waals surface area contributed by atoms with Gasteiger partial charge in [0.05, 0.1) is 7.11 Å². The third-order valence-electron chi connectivity index (χ3n) is 3.12. The van der Waals surface area contributed by atoms with Crippen molar-refractivity contribution < 1.29 is 14.3 Å². The molecule has 0 aliphatic carbocycles. The molecule has 0 aromatic heterocycles. The molecule has 1 aromatic carbocycles. The molecule has 0 spiro atoms. The Morgan fingerprint density at radius 1 is 1.50 bits per heavy atom. The van der Waals surface area contributed by atoms with Crippen molar-refractivity contribution in [2.75, 3.05) is 7.11 Å². The summed E-state index contributed by atoms with van der Waals surface area (Å²) in [5.74, 6) is 1.43. The van der Waals surface area contributed by atoms with Crippen LogP contribution in [0.1, 0.15) is 31.4 Å². The average Bonchev–Trinajstić information content (AvgIpc) is 2.29. The fourth-order valence-electron chi connectivity index (χ4n) is 2.39. The molecular weight excluding hydrogens is 228 g/mol. The van der Waals surface area contributed by atoms with Crippen molar-refractivity contribution in [3.63, 3.8) is 0 Å². The van der Waals surface area contributed by atoms with Gasteiger partial charge in [-0.2, -0.15) is 0 Å². The molecule has 0 bridgehead atoms. The van der Waals surface area contributed by atoms with Crippen LogP contribution in [0.25, 0.3) is 5.57 Å². The van der Waals surface area contributed by atoms with Gasteiger partial charge in [-0.1, -0.05) is 6.58 Å². The first kappa shape index (κ1) is 12.7. The molecule has 96 valence electrons. The van der Waals surface area contributed by atoms with E-state index in [1.54, 1.807) is 7.11 Å². The zero-order valence-corrected chi connectivity index (χ0v) is 11.1. The van der Waals surface area contributed by atoms with Gasteiger partial charge in [0.25, 0.3) is 0 Å². The lowest BCUT2D eigenvalue weighted by Crippen LogP contribution is -2.32. The van der Waals surface area contributed by atoms with E-state index in [9.17, 15) is 4.79 Å². The second-order valence-electron chi connectivity index (χ2n) is 5.14. The van der Waals surface area contributed by atoms with Gasteiger partial charge < -0.3 is 14.3 Å². The summed E-state index contributed by atoms with van der Waals surface area (Å²) in [6.07, 6.45) is 1.94. The molecule has 0 saturated heterocycles. The van der Waals surface area contributed by atoms with Crippen molar-refractivity contribution in [1.82, 2.24) is 0 Å². The van der Waals surface area contributed by atoms with E-state index in [0.717, 1.165) is 35.2 Å². The van der Waals surface area contributed by atoms with E-state index in [4.69, 9.17) is 9.47 Å². The molecule has 1 aromatic rings. The van der Waals surface area contributed by atoms with Crippen molar-refractivity contribution in [3.8, 4) is 11.5 Å². The quantitative estimate of drug-likeness (QED) is 0.769. The van der Waals surface area contributed by atoms with E-state index in [0.29, 0.717) is 5.75 Å². The van der Waals surface area contributed by atoms with Gasteiger partial charge in [-0.05, 0) is 31.6 Å². The van der Waals surface area contributed by atoms with Crippen LogP contribution in [0, 0.1) is 0 Å². The van der Waals surface area contributed by atoms with Crippen LogP contribution in [0.5, 0.6) is 11.5 Å². The van der Waals surface area contributed by atoms with Crippen molar-refractivity contribution in [3.05, 3.63) is 29.8 Å². The van der Waals surface area contributed by atoms with E-state index in [2.05, 4.69) is 6.58 Å². The Kier molecular flexibility index (Phi) is 3.16. The number of benzene rings is 1. The zero-order valence-electron chi connectivity index (χ0n) is 11.1. The summed E-state index contributed by atoms with van der Waals surface area (Å²) in [5.41, 5.74) is 2.52. The Balaban J connectivity index is 2.61. The molecule has 0 unspecified atom stereocenters. The molecule has 1 aliphatic heterocycles. The standard InChI is InChI=1S/C15H18O3/c1-10-9-15(2,3)18-14-11(10)5-6-13(17-4)12(14)7-8-16/h5-6,8H,1,7,9H2,2-4H3. The molecule has 2 rings (SSSR count). The Bertz CT molecular complexity index is 501. The summed E-state index contributed by atoms with van der Waals surface area (Å²) in [4.78, 5) is 10.8. The maximum absolute atomic E-state index is 10.8. The van der Waals surface area contributed by atoms with Gasteiger partial charge in [-0.15, -0.1) is 0 Å². The lowest BCUT2D eigenvalue weighted by atomic mass is 9.88. The summed E-state index contributed by atoms with van der Waals surface area (Å²) in [5, 5.41) is 0.